The molecule has 1 N–H and O–H groups in total. The number of rotatable bonds is 2. The first-order chi connectivity index (χ1) is 10.1. The van der Waals surface area contributed by atoms with E-state index in [1.54, 1.807) is 12.1 Å². The van der Waals surface area contributed by atoms with Gasteiger partial charge in [-0.2, -0.15) is 0 Å². The third kappa shape index (κ3) is 2.75. The summed E-state index contributed by atoms with van der Waals surface area (Å²) in [5.74, 6) is 0.0462. The molecule has 2 saturated heterocycles. The predicted molar refractivity (Wildman–Crippen MR) is 80.8 cm³/mol. The van der Waals surface area contributed by atoms with E-state index < -0.39 is 0 Å². The summed E-state index contributed by atoms with van der Waals surface area (Å²) in [5.41, 5.74) is 0.374. The van der Waals surface area contributed by atoms with Gasteiger partial charge < -0.3 is 15.1 Å². The summed E-state index contributed by atoms with van der Waals surface area (Å²) < 4.78 is 13.8. The van der Waals surface area contributed by atoms with Crippen LogP contribution in [0.3, 0.4) is 0 Å². The highest BCUT2D eigenvalue weighted by Crippen LogP contribution is 2.28. The number of benzene rings is 1. The minimum atomic E-state index is -0.264. The number of anilines is 1. The maximum absolute atomic E-state index is 13.8. The van der Waals surface area contributed by atoms with Crippen LogP contribution < -0.4 is 10.2 Å². The van der Waals surface area contributed by atoms with E-state index in [0.29, 0.717) is 31.9 Å². The van der Waals surface area contributed by atoms with Gasteiger partial charge >= 0.3 is 0 Å². The van der Waals surface area contributed by atoms with Crippen molar-refractivity contribution in [2.24, 2.45) is 5.41 Å². The minimum Gasteiger partial charge on any atom is -0.366 e. The number of para-hydroxylation sites is 1. The largest absolute Gasteiger partial charge is 0.366 e. The molecule has 2 aliphatic heterocycles. The molecule has 2 heterocycles. The Labute approximate surface area is 124 Å². The Morgan fingerprint density at radius 1 is 1.24 bits per heavy atom. The number of nitrogens with one attached hydrogen (secondary N) is 1. The first-order valence-corrected chi connectivity index (χ1v) is 7.60. The van der Waals surface area contributed by atoms with Crippen LogP contribution in [0, 0.1) is 11.2 Å². The van der Waals surface area contributed by atoms with Gasteiger partial charge in [-0.1, -0.05) is 12.1 Å². The third-order valence-electron chi connectivity index (χ3n) is 4.65. The molecule has 0 radical (unpaired) electrons. The second-order valence-electron chi connectivity index (χ2n) is 6.22. The summed E-state index contributed by atoms with van der Waals surface area (Å²) in [7, 11) is 0. The average Bonchev–Trinajstić information content (AvgIpc) is 2.95. The number of piperazine rings is 1. The van der Waals surface area contributed by atoms with Gasteiger partial charge in [-0.25, -0.2) is 4.39 Å². The normalized spacial score (nSPS) is 26.2. The highest BCUT2D eigenvalue weighted by Gasteiger charge is 2.40. The van der Waals surface area contributed by atoms with Gasteiger partial charge in [-0.15, -0.1) is 0 Å². The molecule has 0 aromatic heterocycles. The molecule has 0 saturated carbocycles. The lowest BCUT2D eigenvalue weighted by molar-refractivity contribution is -0.140. The molecule has 1 atom stereocenters. The van der Waals surface area contributed by atoms with E-state index in [1.807, 2.05) is 22.8 Å². The Morgan fingerprint density at radius 3 is 2.57 bits per heavy atom. The fraction of sp³-hybridized carbons (Fsp3) is 0.562. The molecule has 3 rings (SSSR count). The number of nitrogens with zero attached hydrogens (tertiary/aromatic N) is 2. The highest BCUT2D eigenvalue weighted by molar-refractivity contribution is 5.83. The lowest BCUT2D eigenvalue weighted by atomic mass is 9.88. The van der Waals surface area contributed by atoms with Crippen LogP contribution >= 0.6 is 0 Å². The lowest BCUT2D eigenvalue weighted by Gasteiger charge is -2.39. The highest BCUT2D eigenvalue weighted by atomic mass is 19.1. The van der Waals surface area contributed by atoms with E-state index in [4.69, 9.17) is 0 Å². The minimum absolute atomic E-state index is 0.191. The monoisotopic (exact) mass is 291 g/mol. The lowest BCUT2D eigenvalue weighted by Crippen LogP contribution is -2.53. The molecule has 21 heavy (non-hydrogen) atoms. The Morgan fingerprint density at radius 2 is 1.95 bits per heavy atom. The maximum atomic E-state index is 13.8. The zero-order valence-corrected chi connectivity index (χ0v) is 12.4. The number of carbonyl (C=O) groups excluding carboxylic acids is 1. The van der Waals surface area contributed by atoms with Crippen molar-refractivity contribution in [3.8, 4) is 0 Å². The van der Waals surface area contributed by atoms with Crippen LogP contribution in [0.1, 0.15) is 13.3 Å². The average molecular weight is 291 g/mol. The van der Waals surface area contributed by atoms with Crippen molar-refractivity contribution in [3.63, 3.8) is 0 Å². The van der Waals surface area contributed by atoms with Gasteiger partial charge in [0.05, 0.1) is 11.1 Å². The number of hydrogen-bond acceptors (Lipinski definition) is 3. The number of carbonyl (C=O) groups is 1. The van der Waals surface area contributed by atoms with Crippen LogP contribution in [0.2, 0.25) is 0 Å². The second-order valence-corrected chi connectivity index (χ2v) is 6.22. The summed E-state index contributed by atoms with van der Waals surface area (Å²) in [6.07, 6.45) is 0.902. The Bertz CT molecular complexity index is 520. The van der Waals surface area contributed by atoms with Crippen LogP contribution in [-0.2, 0) is 4.79 Å². The zero-order chi connectivity index (χ0) is 14.9. The molecule has 5 heteroatoms. The second kappa shape index (κ2) is 5.64. The van der Waals surface area contributed by atoms with Crippen LogP contribution in [0.15, 0.2) is 24.3 Å². The van der Waals surface area contributed by atoms with Gasteiger partial charge in [0.25, 0.3) is 0 Å². The van der Waals surface area contributed by atoms with Crippen LogP contribution in [0.25, 0.3) is 0 Å². The van der Waals surface area contributed by atoms with Crippen molar-refractivity contribution in [1.29, 1.82) is 0 Å². The van der Waals surface area contributed by atoms with Crippen LogP contribution in [0.4, 0.5) is 10.1 Å². The molecule has 4 nitrogen and oxygen atoms in total. The standard InChI is InChI=1S/C16H22FN3O/c1-16(6-7-18-12-16)15(21)20-10-8-19(9-11-20)14-5-3-2-4-13(14)17/h2-5,18H,6-12H2,1H3. The molecule has 1 amide bonds. The van der Waals surface area contributed by atoms with E-state index in [0.717, 1.165) is 19.5 Å². The van der Waals surface area contributed by atoms with Gasteiger partial charge in [-0.3, -0.25) is 4.79 Å². The van der Waals surface area contributed by atoms with Crippen molar-refractivity contribution < 1.29 is 9.18 Å². The van der Waals surface area contributed by atoms with Gasteiger partial charge in [0, 0.05) is 32.7 Å². The summed E-state index contributed by atoms with van der Waals surface area (Å²) in [6, 6.07) is 6.83. The summed E-state index contributed by atoms with van der Waals surface area (Å²) in [5, 5.41) is 3.27. The first kappa shape index (κ1) is 14.3. The van der Waals surface area contributed by atoms with E-state index in [2.05, 4.69) is 5.32 Å². The van der Waals surface area contributed by atoms with Crippen LogP contribution in [0.5, 0.6) is 0 Å². The fourth-order valence-electron chi connectivity index (χ4n) is 3.24. The van der Waals surface area contributed by atoms with Gasteiger partial charge in [0.15, 0.2) is 0 Å². The molecular weight excluding hydrogens is 269 g/mol. The SMILES string of the molecule is CC1(C(=O)N2CCN(c3ccccc3F)CC2)CCNC1. The maximum Gasteiger partial charge on any atom is 0.229 e. The molecule has 1 aromatic rings. The predicted octanol–water partition coefficient (Wildman–Crippen LogP) is 1.47. The van der Waals surface area contributed by atoms with Crippen molar-refractivity contribution >= 4 is 11.6 Å². The summed E-state index contributed by atoms with van der Waals surface area (Å²) in [4.78, 5) is 16.6. The summed E-state index contributed by atoms with van der Waals surface area (Å²) >= 11 is 0. The van der Waals surface area contributed by atoms with E-state index in [1.165, 1.54) is 6.07 Å². The van der Waals surface area contributed by atoms with Gasteiger partial charge in [0.2, 0.25) is 5.91 Å². The van der Waals surface area contributed by atoms with Crippen molar-refractivity contribution in [2.75, 3.05) is 44.2 Å². The van der Waals surface area contributed by atoms with Crippen molar-refractivity contribution in [1.82, 2.24) is 10.2 Å². The molecule has 1 aromatic carbocycles. The molecular formula is C16H22FN3O. The third-order valence-corrected chi connectivity index (χ3v) is 4.65. The van der Waals surface area contributed by atoms with Gasteiger partial charge in [-0.05, 0) is 32.0 Å². The number of hydrogen-bond donors (Lipinski definition) is 1. The first-order valence-electron chi connectivity index (χ1n) is 7.60. The molecule has 1 unspecified atom stereocenters. The van der Waals surface area contributed by atoms with Crippen molar-refractivity contribution in [2.45, 2.75) is 13.3 Å². The van der Waals surface area contributed by atoms with Gasteiger partial charge in [0.1, 0.15) is 5.82 Å². The molecule has 0 spiro atoms. The fourth-order valence-corrected chi connectivity index (χ4v) is 3.24. The molecule has 2 aliphatic rings. The Balaban J connectivity index is 1.63. The number of halogens is 1. The van der Waals surface area contributed by atoms with Crippen molar-refractivity contribution in [3.05, 3.63) is 30.1 Å². The number of amides is 1. The smallest absolute Gasteiger partial charge is 0.229 e. The molecule has 0 bridgehead atoms. The zero-order valence-electron chi connectivity index (χ0n) is 12.4. The Kier molecular flexibility index (Phi) is 3.85. The van der Waals surface area contributed by atoms with E-state index >= 15 is 0 Å². The molecule has 114 valence electrons. The quantitative estimate of drug-likeness (QED) is 0.896. The molecule has 0 aliphatic carbocycles. The topological polar surface area (TPSA) is 35.6 Å². The van der Waals surface area contributed by atoms with E-state index in [9.17, 15) is 9.18 Å². The van der Waals surface area contributed by atoms with Crippen LogP contribution in [-0.4, -0.2) is 50.1 Å². The van der Waals surface area contributed by atoms with E-state index in [-0.39, 0.29) is 17.1 Å². The molecule has 2 fully saturated rings. The summed E-state index contributed by atoms with van der Waals surface area (Å²) in [6.45, 7) is 6.44. The Hall–Kier alpha value is -1.62.